The van der Waals surface area contributed by atoms with Gasteiger partial charge >= 0.3 is 0 Å². The Morgan fingerprint density at radius 3 is 1.72 bits per heavy atom. The molecular weight excluding hydrogens is 446 g/mol. The molecule has 0 saturated heterocycles. The minimum Gasteiger partial charge on any atom is -0.506 e. The number of nitrogens with one attached hydrogen (secondary N) is 1. The molecule has 1 aromatic carbocycles. The highest BCUT2D eigenvalue weighted by Crippen LogP contribution is 2.44. The average Bonchev–Trinajstić information content (AvgIpc) is 2.76. The summed E-state index contributed by atoms with van der Waals surface area (Å²) in [5, 5.41) is 13.3. The molecule has 0 aliphatic heterocycles. The third kappa shape index (κ3) is 14.1. The van der Waals surface area contributed by atoms with Gasteiger partial charge in [0.25, 0.3) is 0 Å². The average molecular weight is 504 g/mol. The van der Waals surface area contributed by atoms with E-state index in [1.807, 2.05) is 0 Å². The molecule has 36 heavy (non-hydrogen) atoms. The molecule has 0 spiro atoms. The number of ether oxygens (including phenoxy) is 1. The number of carbonyl (C=O) groups is 1. The highest BCUT2D eigenvalue weighted by Gasteiger charge is 2.31. The van der Waals surface area contributed by atoms with Crippen molar-refractivity contribution in [1.82, 2.24) is 0 Å². The van der Waals surface area contributed by atoms with E-state index in [-0.39, 0.29) is 22.5 Å². The third-order valence-corrected chi connectivity index (χ3v) is 6.87. The molecule has 208 valence electrons. The summed E-state index contributed by atoms with van der Waals surface area (Å²) in [5.74, 6) is 0.649. The molecular formula is C32H57NO3. The van der Waals surface area contributed by atoms with Crippen LogP contribution in [0.1, 0.15) is 150 Å². The van der Waals surface area contributed by atoms with Crippen molar-refractivity contribution < 1.29 is 14.6 Å². The summed E-state index contributed by atoms with van der Waals surface area (Å²) in [5.41, 5.74) is 1.37. The van der Waals surface area contributed by atoms with Crippen molar-refractivity contribution in [1.29, 1.82) is 0 Å². The van der Waals surface area contributed by atoms with Crippen molar-refractivity contribution >= 4 is 11.6 Å². The van der Waals surface area contributed by atoms with Crippen LogP contribution in [0.25, 0.3) is 0 Å². The fourth-order valence-electron chi connectivity index (χ4n) is 5.41. The van der Waals surface area contributed by atoms with Crippen LogP contribution in [0.5, 0.6) is 11.5 Å². The Morgan fingerprint density at radius 2 is 1.28 bits per heavy atom. The summed E-state index contributed by atoms with van der Waals surface area (Å²) in [4.78, 5) is 11.6. The van der Waals surface area contributed by atoms with E-state index in [1.165, 1.54) is 90.4 Å². The molecule has 1 amide bonds. The van der Waals surface area contributed by atoms with Crippen LogP contribution in [-0.2, 0) is 10.2 Å². The van der Waals surface area contributed by atoms with E-state index in [2.05, 4.69) is 46.9 Å². The Balaban J connectivity index is 2.44. The molecule has 0 fully saturated rings. The molecule has 0 saturated carbocycles. The second kappa shape index (κ2) is 16.9. The minimum atomic E-state index is -0.204. The van der Waals surface area contributed by atoms with E-state index in [1.54, 1.807) is 12.1 Å². The van der Waals surface area contributed by atoms with Crippen molar-refractivity contribution in [2.45, 2.75) is 150 Å². The number of benzene rings is 1. The Labute approximate surface area is 223 Å². The standard InChI is InChI=1S/C32H57NO3/c1-8-9-10-11-12-13-14-15-16-17-18-19-20-21-22-36-30-24-28(33-26(2)34)29(35)23-27(30)32(6,7)25-31(3,4)5/h23-24,35H,8-22,25H2,1-7H3,(H,33,34). The van der Waals surface area contributed by atoms with Gasteiger partial charge in [0.1, 0.15) is 11.5 Å². The molecule has 0 radical (unpaired) electrons. The van der Waals surface area contributed by atoms with Crippen LogP contribution in [0.2, 0.25) is 0 Å². The zero-order valence-corrected chi connectivity index (χ0v) is 24.7. The van der Waals surface area contributed by atoms with Gasteiger partial charge in [-0.25, -0.2) is 0 Å². The number of rotatable bonds is 19. The first-order chi connectivity index (χ1) is 17.0. The van der Waals surface area contributed by atoms with Crippen LogP contribution >= 0.6 is 0 Å². The first-order valence-corrected chi connectivity index (χ1v) is 14.7. The van der Waals surface area contributed by atoms with Crippen LogP contribution in [0.15, 0.2) is 12.1 Å². The van der Waals surface area contributed by atoms with E-state index in [4.69, 9.17) is 4.74 Å². The lowest BCUT2D eigenvalue weighted by molar-refractivity contribution is -0.114. The van der Waals surface area contributed by atoms with Crippen molar-refractivity contribution in [2.24, 2.45) is 5.41 Å². The molecule has 0 aliphatic carbocycles. The molecule has 4 nitrogen and oxygen atoms in total. The third-order valence-electron chi connectivity index (χ3n) is 6.87. The zero-order valence-electron chi connectivity index (χ0n) is 24.7. The van der Waals surface area contributed by atoms with E-state index in [0.717, 1.165) is 24.2 Å². The number of hydrogen-bond donors (Lipinski definition) is 2. The van der Waals surface area contributed by atoms with Crippen LogP contribution in [0, 0.1) is 5.41 Å². The van der Waals surface area contributed by atoms with E-state index >= 15 is 0 Å². The summed E-state index contributed by atoms with van der Waals surface area (Å²) < 4.78 is 6.26. The minimum absolute atomic E-state index is 0.0889. The van der Waals surface area contributed by atoms with Crippen molar-refractivity contribution in [3.8, 4) is 11.5 Å². The molecule has 1 rings (SSSR count). The topological polar surface area (TPSA) is 58.6 Å². The normalized spacial score (nSPS) is 12.1. The fraction of sp³-hybridized carbons (Fsp3) is 0.781. The van der Waals surface area contributed by atoms with Crippen molar-refractivity contribution in [2.75, 3.05) is 11.9 Å². The van der Waals surface area contributed by atoms with Crippen LogP contribution in [0.4, 0.5) is 5.69 Å². The summed E-state index contributed by atoms with van der Waals surface area (Å²) >= 11 is 0. The van der Waals surface area contributed by atoms with E-state index in [0.29, 0.717) is 12.3 Å². The smallest absolute Gasteiger partial charge is 0.221 e. The molecule has 0 heterocycles. The number of aromatic hydroxyl groups is 1. The van der Waals surface area contributed by atoms with Crippen LogP contribution in [0.3, 0.4) is 0 Å². The second-order valence-electron chi connectivity index (χ2n) is 12.6. The predicted molar refractivity (Wildman–Crippen MR) is 155 cm³/mol. The summed E-state index contributed by atoms with van der Waals surface area (Å²) in [6.45, 7) is 15.5. The first kappa shape index (κ1) is 32.3. The summed E-state index contributed by atoms with van der Waals surface area (Å²) in [6, 6.07) is 3.57. The lowest BCUT2D eigenvalue weighted by atomic mass is 9.72. The number of unbranched alkanes of at least 4 members (excludes halogenated alkanes) is 13. The molecule has 0 aromatic heterocycles. The molecule has 0 bridgehead atoms. The van der Waals surface area contributed by atoms with Gasteiger partial charge in [-0.05, 0) is 29.7 Å². The van der Waals surface area contributed by atoms with Gasteiger partial charge < -0.3 is 15.2 Å². The maximum absolute atomic E-state index is 11.6. The maximum atomic E-state index is 11.6. The predicted octanol–water partition coefficient (Wildman–Crippen LogP) is 9.92. The molecule has 1 aromatic rings. The van der Waals surface area contributed by atoms with Crippen LogP contribution in [-0.4, -0.2) is 17.6 Å². The number of phenolic OH excluding ortho intramolecular Hbond substituents is 1. The number of anilines is 1. The molecule has 0 atom stereocenters. The summed E-state index contributed by atoms with van der Waals surface area (Å²) in [6.07, 6.45) is 19.6. The van der Waals surface area contributed by atoms with E-state index in [9.17, 15) is 9.90 Å². The Kier molecular flexibility index (Phi) is 15.2. The Morgan fingerprint density at radius 1 is 0.806 bits per heavy atom. The quantitative estimate of drug-likeness (QED) is 0.146. The van der Waals surface area contributed by atoms with Gasteiger partial charge in [0.2, 0.25) is 5.91 Å². The first-order valence-electron chi connectivity index (χ1n) is 14.7. The van der Waals surface area contributed by atoms with E-state index < -0.39 is 0 Å². The van der Waals surface area contributed by atoms with Gasteiger partial charge in [-0.15, -0.1) is 0 Å². The van der Waals surface area contributed by atoms with Gasteiger partial charge in [-0.1, -0.05) is 125 Å². The zero-order chi connectivity index (χ0) is 27.0. The van der Waals surface area contributed by atoms with Crippen molar-refractivity contribution in [3.05, 3.63) is 17.7 Å². The second-order valence-corrected chi connectivity index (χ2v) is 12.6. The largest absolute Gasteiger partial charge is 0.506 e. The number of phenols is 1. The number of hydrogen-bond acceptors (Lipinski definition) is 3. The monoisotopic (exact) mass is 503 g/mol. The Hall–Kier alpha value is -1.71. The molecule has 4 heteroatoms. The fourth-order valence-corrected chi connectivity index (χ4v) is 5.41. The van der Waals surface area contributed by atoms with Gasteiger partial charge in [0.05, 0.1) is 12.3 Å². The number of amides is 1. The van der Waals surface area contributed by atoms with Gasteiger partial charge in [-0.3, -0.25) is 4.79 Å². The summed E-state index contributed by atoms with van der Waals surface area (Å²) in [7, 11) is 0. The molecule has 0 aliphatic rings. The Bertz CT molecular complexity index is 749. The SMILES string of the molecule is CCCCCCCCCCCCCCCCOc1cc(NC(C)=O)c(O)cc1C(C)(C)CC(C)(C)C. The van der Waals surface area contributed by atoms with Crippen LogP contribution < -0.4 is 10.1 Å². The van der Waals surface area contributed by atoms with Crippen molar-refractivity contribution in [3.63, 3.8) is 0 Å². The van der Waals surface area contributed by atoms with Gasteiger partial charge in [0, 0.05) is 18.6 Å². The lowest BCUT2D eigenvalue weighted by Crippen LogP contribution is -2.25. The maximum Gasteiger partial charge on any atom is 0.221 e. The van der Waals surface area contributed by atoms with Gasteiger partial charge in [0.15, 0.2) is 0 Å². The highest BCUT2D eigenvalue weighted by atomic mass is 16.5. The number of carbonyl (C=O) groups excluding carboxylic acids is 1. The molecule has 0 unspecified atom stereocenters. The van der Waals surface area contributed by atoms with Gasteiger partial charge in [-0.2, -0.15) is 0 Å². The molecule has 2 N–H and O–H groups in total. The lowest BCUT2D eigenvalue weighted by Gasteiger charge is -2.34. The highest BCUT2D eigenvalue weighted by molar-refractivity contribution is 5.90.